The number of aromatic nitrogens is 2. The fourth-order valence-electron chi connectivity index (χ4n) is 3.17. The van der Waals surface area contributed by atoms with Gasteiger partial charge in [0.15, 0.2) is 5.82 Å². The Hall–Kier alpha value is -3.21. The van der Waals surface area contributed by atoms with Gasteiger partial charge in [-0.1, -0.05) is 54.6 Å². The van der Waals surface area contributed by atoms with E-state index in [0.29, 0.717) is 18.2 Å². The zero-order valence-corrected chi connectivity index (χ0v) is 13.6. The van der Waals surface area contributed by atoms with E-state index >= 15 is 0 Å². The van der Waals surface area contributed by atoms with Crippen LogP contribution in [-0.2, 0) is 13.0 Å². The predicted molar refractivity (Wildman–Crippen MR) is 95.6 cm³/mol. The second-order valence-electron chi connectivity index (χ2n) is 6.04. The van der Waals surface area contributed by atoms with Crippen molar-refractivity contribution in [1.82, 2.24) is 9.97 Å². The van der Waals surface area contributed by atoms with Gasteiger partial charge in [-0.15, -0.1) is 0 Å². The molecule has 0 saturated heterocycles. The third kappa shape index (κ3) is 2.96. The van der Waals surface area contributed by atoms with Gasteiger partial charge in [-0.2, -0.15) is 0 Å². The van der Waals surface area contributed by atoms with E-state index in [2.05, 4.69) is 22.1 Å². The molecule has 0 radical (unpaired) electrons. The average molecular weight is 331 g/mol. The highest BCUT2D eigenvalue weighted by atomic mass is 16.4. The van der Waals surface area contributed by atoms with Crippen LogP contribution in [0.25, 0.3) is 11.4 Å². The molecule has 0 amide bonds. The van der Waals surface area contributed by atoms with Gasteiger partial charge in [0.25, 0.3) is 0 Å². The minimum Gasteiger partial charge on any atom is -0.477 e. The summed E-state index contributed by atoms with van der Waals surface area (Å²) in [6.07, 6.45) is 2.29. The molecule has 0 saturated carbocycles. The summed E-state index contributed by atoms with van der Waals surface area (Å²) in [4.78, 5) is 22.5. The molecule has 1 aromatic heterocycles. The first-order chi connectivity index (χ1) is 12.2. The lowest BCUT2D eigenvalue weighted by molar-refractivity contribution is 0.0696. The normalized spacial score (nSPS) is 13.4. The molecule has 0 unspecified atom stereocenters. The summed E-state index contributed by atoms with van der Waals surface area (Å²) in [5.74, 6) is 0.0174. The van der Waals surface area contributed by atoms with Gasteiger partial charge in [-0.05, 0) is 17.5 Å². The number of carbonyl (C=O) groups is 1. The second kappa shape index (κ2) is 6.36. The van der Waals surface area contributed by atoms with Crippen LogP contribution in [-0.4, -0.2) is 27.6 Å². The number of anilines is 1. The molecule has 5 heteroatoms. The van der Waals surface area contributed by atoms with Gasteiger partial charge in [-0.25, -0.2) is 14.8 Å². The van der Waals surface area contributed by atoms with E-state index in [1.165, 1.54) is 17.3 Å². The first-order valence-corrected chi connectivity index (χ1v) is 8.20. The Bertz CT molecular complexity index is 925. The number of hydrogen-bond acceptors (Lipinski definition) is 4. The largest absolute Gasteiger partial charge is 0.477 e. The maximum atomic E-state index is 11.7. The summed E-state index contributed by atoms with van der Waals surface area (Å²) in [6.45, 7) is 1.39. The molecule has 1 N–H and O–H groups in total. The van der Waals surface area contributed by atoms with Gasteiger partial charge in [0, 0.05) is 24.8 Å². The second-order valence-corrected chi connectivity index (χ2v) is 6.04. The highest BCUT2D eigenvalue weighted by Crippen LogP contribution is 2.27. The van der Waals surface area contributed by atoms with Crippen molar-refractivity contribution in [3.63, 3.8) is 0 Å². The SMILES string of the molecule is O=C(O)c1cnc(-c2ccccc2)nc1N1CCc2ccccc2C1. The molecule has 3 aromatic rings. The molecule has 25 heavy (non-hydrogen) atoms. The van der Waals surface area contributed by atoms with E-state index in [1.54, 1.807) is 0 Å². The van der Waals surface area contributed by atoms with Crippen LogP contribution >= 0.6 is 0 Å². The van der Waals surface area contributed by atoms with E-state index in [1.807, 2.05) is 47.4 Å². The maximum absolute atomic E-state index is 11.7. The Balaban J connectivity index is 1.76. The molecule has 2 aromatic carbocycles. The van der Waals surface area contributed by atoms with Crippen molar-refractivity contribution in [3.05, 3.63) is 77.5 Å². The first-order valence-electron chi connectivity index (χ1n) is 8.20. The van der Waals surface area contributed by atoms with Crippen LogP contribution in [0.5, 0.6) is 0 Å². The van der Waals surface area contributed by atoms with Crippen molar-refractivity contribution in [2.24, 2.45) is 0 Å². The molecule has 0 fully saturated rings. The molecule has 0 spiro atoms. The zero-order chi connectivity index (χ0) is 17.2. The van der Waals surface area contributed by atoms with Crippen molar-refractivity contribution in [1.29, 1.82) is 0 Å². The summed E-state index contributed by atoms with van der Waals surface area (Å²) < 4.78 is 0. The van der Waals surface area contributed by atoms with Crippen molar-refractivity contribution in [2.75, 3.05) is 11.4 Å². The van der Waals surface area contributed by atoms with Gasteiger partial charge in [-0.3, -0.25) is 0 Å². The Labute approximate surface area is 145 Å². The minimum absolute atomic E-state index is 0.138. The number of fused-ring (bicyclic) bond motifs is 1. The minimum atomic E-state index is -1.01. The number of benzene rings is 2. The lowest BCUT2D eigenvalue weighted by Gasteiger charge is -2.30. The van der Waals surface area contributed by atoms with Crippen molar-refractivity contribution in [2.45, 2.75) is 13.0 Å². The standard InChI is InChI=1S/C20H17N3O2/c24-20(25)17-12-21-18(15-7-2-1-3-8-15)22-19(17)23-11-10-14-6-4-5-9-16(14)13-23/h1-9,12H,10-11,13H2,(H,24,25). The fraction of sp³-hybridized carbons (Fsp3) is 0.150. The summed E-state index contributed by atoms with van der Waals surface area (Å²) in [5.41, 5.74) is 3.54. The van der Waals surface area contributed by atoms with E-state index in [0.717, 1.165) is 18.5 Å². The molecule has 124 valence electrons. The summed E-state index contributed by atoms with van der Waals surface area (Å²) in [5, 5.41) is 9.55. The quantitative estimate of drug-likeness (QED) is 0.797. The van der Waals surface area contributed by atoms with Crippen LogP contribution < -0.4 is 4.90 Å². The lowest BCUT2D eigenvalue weighted by Crippen LogP contribution is -2.32. The van der Waals surface area contributed by atoms with Crippen LogP contribution in [0.15, 0.2) is 60.8 Å². The van der Waals surface area contributed by atoms with E-state index in [-0.39, 0.29) is 5.56 Å². The van der Waals surface area contributed by atoms with Crippen molar-refractivity contribution >= 4 is 11.8 Å². The number of hydrogen-bond donors (Lipinski definition) is 1. The molecule has 5 nitrogen and oxygen atoms in total. The van der Waals surface area contributed by atoms with Gasteiger partial charge in [0.1, 0.15) is 11.4 Å². The van der Waals surface area contributed by atoms with Crippen LogP contribution in [0.2, 0.25) is 0 Å². The maximum Gasteiger partial charge on any atom is 0.341 e. The smallest absolute Gasteiger partial charge is 0.341 e. The third-order valence-corrected chi connectivity index (χ3v) is 4.46. The summed E-state index contributed by atoms with van der Waals surface area (Å²) in [7, 11) is 0. The van der Waals surface area contributed by atoms with E-state index < -0.39 is 5.97 Å². The monoisotopic (exact) mass is 331 g/mol. The van der Waals surface area contributed by atoms with E-state index in [9.17, 15) is 9.90 Å². The van der Waals surface area contributed by atoms with Crippen LogP contribution in [0.4, 0.5) is 5.82 Å². The number of aromatic carboxylic acids is 1. The van der Waals surface area contributed by atoms with Gasteiger partial charge in [0.05, 0.1) is 0 Å². The first kappa shape index (κ1) is 15.3. The Kier molecular flexibility index (Phi) is 3.90. The highest BCUT2D eigenvalue weighted by Gasteiger charge is 2.23. The molecular formula is C20H17N3O2. The highest BCUT2D eigenvalue weighted by molar-refractivity contribution is 5.93. The number of carboxylic acid groups (broad SMARTS) is 1. The fourth-order valence-corrected chi connectivity index (χ4v) is 3.17. The predicted octanol–water partition coefficient (Wildman–Crippen LogP) is 3.40. The molecule has 1 aliphatic heterocycles. The number of nitrogens with zero attached hydrogens (tertiary/aromatic N) is 3. The van der Waals surface area contributed by atoms with E-state index in [4.69, 9.17) is 0 Å². The summed E-state index contributed by atoms with van der Waals surface area (Å²) >= 11 is 0. The van der Waals surface area contributed by atoms with Crippen LogP contribution in [0.3, 0.4) is 0 Å². The molecule has 0 atom stereocenters. The Morgan fingerprint density at radius 1 is 1.00 bits per heavy atom. The third-order valence-electron chi connectivity index (χ3n) is 4.46. The van der Waals surface area contributed by atoms with Crippen LogP contribution in [0, 0.1) is 0 Å². The average Bonchev–Trinajstić information content (AvgIpc) is 2.67. The van der Waals surface area contributed by atoms with Crippen molar-refractivity contribution in [3.8, 4) is 11.4 Å². The molecule has 2 heterocycles. The van der Waals surface area contributed by atoms with Gasteiger partial charge < -0.3 is 10.0 Å². The molecule has 1 aliphatic rings. The topological polar surface area (TPSA) is 66.3 Å². The molecule has 4 rings (SSSR count). The van der Waals surface area contributed by atoms with Gasteiger partial charge in [0.2, 0.25) is 0 Å². The van der Waals surface area contributed by atoms with Gasteiger partial charge >= 0.3 is 5.97 Å². The number of rotatable bonds is 3. The number of carboxylic acids is 1. The molecule has 0 aliphatic carbocycles. The molecular weight excluding hydrogens is 314 g/mol. The lowest BCUT2D eigenvalue weighted by atomic mass is 9.99. The summed E-state index contributed by atoms with van der Waals surface area (Å²) in [6, 6.07) is 17.9. The molecule has 0 bridgehead atoms. The Morgan fingerprint density at radius 2 is 1.72 bits per heavy atom. The van der Waals surface area contributed by atoms with Crippen molar-refractivity contribution < 1.29 is 9.90 Å². The zero-order valence-electron chi connectivity index (χ0n) is 13.6. The van der Waals surface area contributed by atoms with Crippen LogP contribution in [0.1, 0.15) is 21.5 Å². The Morgan fingerprint density at radius 3 is 2.48 bits per heavy atom.